The lowest BCUT2D eigenvalue weighted by Crippen LogP contribution is -2.54. The lowest BCUT2D eigenvalue weighted by molar-refractivity contribution is -0.132. The number of guanidine groups is 1. The van der Waals surface area contributed by atoms with E-state index in [1.165, 1.54) is 0 Å². The number of aliphatic imine (C=N–C) groups is 1. The van der Waals surface area contributed by atoms with E-state index >= 15 is 0 Å². The molecule has 0 aromatic heterocycles. The molecule has 1 aliphatic rings. The fourth-order valence-corrected chi connectivity index (χ4v) is 4.88. The summed E-state index contributed by atoms with van der Waals surface area (Å²) in [5, 5.41) is 8.80. The molecule has 3 amide bonds. The van der Waals surface area contributed by atoms with Crippen molar-refractivity contribution in [3.63, 3.8) is 0 Å². The Kier molecular flexibility index (Phi) is 14.9. The fraction of sp³-hybridized carbons (Fsp3) is 0.643. The highest BCUT2D eigenvalue weighted by Gasteiger charge is 2.27. The number of hydrogen-bond donors (Lipinski definition) is 7. The molecule has 39 heavy (non-hydrogen) atoms. The Bertz CT molecular complexity index is 899. The first-order chi connectivity index (χ1) is 18.8. The third-order valence-corrected chi connectivity index (χ3v) is 7.10. The molecular weight excluding hydrogens is 496 g/mol. The zero-order chi connectivity index (χ0) is 28.5. The maximum atomic E-state index is 13.3. The maximum Gasteiger partial charge on any atom is 0.243 e. The van der Waals surface area contributed by atoms with Gasteiger partial charge in [0, 0.05) is 6.54 Å². The molecule has 11 N–H and O–H groups in total. The lowest BCUT2D eigenvalue weighted by Gasteiger charge is -2.28. The van der Waals surface area contributed by atoms with Gasteiger partial charge in [-0.05, 0) is 88.8 Å². The molecule has 0 radical (unpaired) electrons. The second-order valence-electron chi connectivity index (χ2n) is 10.4. The van der Waals surface area contributed by atoms with Gasteiger partial charge >= 0.3 is 0 Å². The second kappa shape index (κ2) is 18.2. The summed E-state index contributed by atoms with van der Waals surface area (Å²) in [6.45, 7) is 1.55. The smallest absolute Gasteiger partial charge is 0.243 e. The van der Waals surface area contributed by atoms with Crippen molar-refractivity contribution in [2.24, 2.45) is 33.8 Å². The summed E-state index contributed by atoms with van der Waals surface area (Å²) in [4.78, 5) is 43.4. The molecule has 2 rings (SSSR count). The van der Waals surface area contributed by atoms with Gasteiger partial charge in [-0.15, -0.1) is 0 Å². The standard InChI is InChI=1S/C28H48N8O3/c29-16-6-4-10-23(26(38)33-19-21-12-14-22(15-13-21)34-28(31)32)36-27(39)24(11-5-7-17-30)35-25(37)18-20-8-2-1-3-9-20/h1-3,8-9,21-24H,4-7,10-19,29-30H2,(H,33,38)(H,35,37)(H,36,39)(H4,31,32,34)/t21?,22?,23-,24-/m0/s1. The molecule has 1 aliphatic carbocycles. The number of carbonyl (C=O) groups is 3. The molecule has 0 spiro atoms. The monoisotopic (exact) mass is 544 g/mol. The van der Waals surface area contributed by atoms with Crippen molar-refractivity contribution in [2.75, 3.05) is 19.6 Å². The van der Waals surface area contributed by atoms with Crippen LogP contribution in [0.5, 0.6) is 0 Å². The van der Waals surface area contributed by atoms with Gasteiger partial charge < -0.3 is 38.9 Å². The summed E-state index contributed by atoms with van der Waals surface area (Å²) >= 11 is 0. The Morgan fingerprint density at radius 3 is 1.97 bits per heavy atom. The summed E-state index contributed by atoms with van der Waals surface area (Å²) in [7, 11) is 0. The second-order valence-corrected chi connectivity index (χ2v) is 10.4. The highest BCUT2D eigenvalue weighted by atomic mass is 16.2. The van der Waals surface area contributed by atoms with Crippen molar-refractivity contribution in [1.82, 2.24) is 16.0 Å². The molecule has 0 saturated heterocycles. The first-order valence-electron chi connectivity index (χ1n) is 14.2. The van der Waals surface area contributed by atoms with Crippen LogP contribution in [-0.2, 0) is 20.8 Å². The van der Waals surface area contributed by atoms with Crippen LogP contribution in [0.3, 0.4) is 0 Å². The number of hydrogen-bond acceptors (Lipinski definition) is 6. The Morgan fingerprint density at radius 1 is 0.821 bits per heavy atom. The third-order valence-electron chi connectivity index (χ3n) is 7.10. The molecule has 2 atom stereocenters. The zero-order valence-electron chi connectivity index (χ0n) is 23.1. The number of nitrogens with one attached hydrogen (secondary N) is 3. The maximum absolute atomic E-state index is 13.3. The molecule has 218 valence electrons. The van der Waals surface area contributed by atoms with E-state index in [-0.39, 0.29) is 36.1 Å². The van der Waals surface area contributed by atoms with E-state index < -0.39 is 12.1 Å². The minimum Gasteiger partial charge on any atom is -0.370 e. The van der Waals surface area contributed by atoms with Gasteiger partial charge in [0.15, 0.2) is 5.96 Å². The lowest BCUT2D eigenvalue weighted by atomic mass is 9.86. The van der Waals surface area contributed by atoms with Crippen LogP contribution in [0.25, 0.3) is 0 Å². The average Bonchev–Trinajstić information content (AvgIpc) is 2.91. The molecule has 1 fully saturated rings. The van der Waals surface area contributed by atoms with Gasteiger partial charge in [0.1, 0.15) is 12.1 Å². The van der Waals surface area contributed by atoms with Crippen LogP contribution >= 0.6 is 0 Å². The molecule has 0 aliphatic heterocycles. The molecule has 0 heterocycles. The van der Waals surface area contributed by atoms with E-state index in [9.17, 15) is 14.4 Å². The summed E-state index contributed by atoms with van der Waals surface area (Å²) in [6.07, 6.45) is 7.57. The SMILES string of the molecule is NCCCC[C@H](NC(=O)Cc1ccccc1)C(=O)N[C@@H](CCCCN)C(=O)NCC1CCC(N=C(N)N)CC1. The summed E-state index contributed by atoms with van der Waals surface area (Å²) in [6, 6.07) is 8.05. The van der Waals surface area contributed by atoms with Crippen molar-refractivity contribution in [2.45, 2.75) is 88.8 Å². The minimum absolute atomic E-state index is 0.111. The molecule has 0 unspecified atom stereocenters. The van der Waals surface area contributed by atoms with Gasteiger partial charge in [-0.2, -0.15) is 0 Å². The Hall–Kier alpha value is -3.18. The van der Waals surface area contributed by atoms with Crippen molar-refractivity contribution < 1.29 is 14.4 Å². The Labute approximate surface area is 232 Å². The quantitative estimate of drug-likeness (QED) is 0.0834. The van der Waals surface area contributed by atoms with Gasteiger partial charge in [0.05, 0.1) is 12.5 Å². The molecule has 1 saturated carbocycles. The van der Waals surface area contributed by atoms with Crippen LogP contribution in [0.1, 0.15) is 69.8 Å². The van der Waals surface area contributed by atoms with Crippen LogP contribution in [0.15, 0.2) is 35.3 Å². The molecular formula is C28H48N8O3. The number of amides is 3. The molecule has 11 heteroatoms. The molecule has 11 nitrogen and oxygen atoms in total. The van der Waals surface area contributed by atoms with Crippen molar-refractivity contribution in [1.29, 1.82) is 0 Å². The number of unbranched alkanes of at least 4 members (excludes halogenated alkanes) is 2. The van der Waals surface area contributed by atoms with Crippen LogP contribution in [0, 0.1) is 5.92 Å². The van der Waals surface area contributed by atoms with E-state index in [1.807, 2.05) is 30.3 Å². The molecule has 1 aromatic rings. The Balaban J connectivity index is 1.97. The van der Waals surface area contributed by atoms with E-state index in [4.69, 9.17) is 22.9 Å². The van der Waals surface area contributed by atoms with Crippen molar-refractivity contribution in [3.8, 4) is 0 Å². The number of nitrogens with zero attached hydrogens (tertiary/aromatic N) is 1. The summed E-state index contributed by atoms with van der Waals surface area (Å²) < 4.78 is 0. The fourth-order valence-electron chi connectivity index (χ4n) is 4.88. The van der Waals surface area contributed by atoms with E-state index in [2.05, 4.69) is 20.9 Å². The zero-order valence-corrected chi connectivity index (χ0v) is 23.1. The van der Waals surface area contributed by atoms with Gasteiger partial charge in [-0.1, -0.05) is 30.3 Å². The first kappa shape index (κ1) is 32.0. The van der Waals surface area contributed by atoms with Gasteiger partial charge in [0.2, 0.25) is 17.7 Å². The van der Waals surface area contributed by atoms with Crippen LogP contribution in [0.2, 0.25) is 0 Å². The van der Waals surface area contributed by atoms with Crippen LogP contribution in [0.4, 0.5) is 0 Å². The molecule has 1 aromatic carbocycles. The van der Waals surface area contributed by atoms with Crippen LogP contribution in [-0.4, -0.2) is 61.4 Å². The van der Waals surface area contributed by atoms with Gasteiger partial charge in [-0.3, -0.25) is 19.4 Å². The predicted octanol–water partition coefficient (Wildman–Crippen LogP) is 0.405. The summed E-state index contributed by atoms with van der Waals surface area (Å²) in [5.74, 6) is -0.377. The predicted molar refractivity (Wildman–Crippen MR) is 154 cm³/mol. The molecule has 0 bridgehead atoms. The number of rotatable bonds is 17. The highest BCUT2D eigenvalue weighted by molar-refractivity contribution is 5.92. The highest BCUT2D eigenvalue weighted by Crippen LogP contribution is 2.25. The third kappa shape index (κ3) is 12.9. The summed E-state index contributed by atoms with van der Waals surface area (Å²) in [5.41, 5.74) is 23.1. The van der Waals surface area contributed by atoms with Crippen LogP contribution < -0.4 is 38.9 Å². The average molecular weight is 545 g/mol. The van der Waals surface area contributed by atoms with Gasteiger partial charge in [0.25, 0.3) is 0 Å². The van der Waals surface area contributed by atoms with E-state index in [1.54, 1.807) is 0 Å². The van der Waals surface area contributed by atoms with E-state index in [0.29, 0.717) is 51.2 Å². The topological polar surface area (TPSA) is 204 Å². The largest absolute Gasteiger partial charge is 0.370 e. The minimum atomic E-state index is -0.747. The number of benzene rings is 1. The number of nitrogens with two attached hydrogens (primary N) is 4. The van der Waals surface area contributed by atoms with Crippen molar-refractivity contribution in [3.05, 3.63) is 35.9 Å². The number of carbonyl (C=O) groups excluding carboxylic acids is 3. The van der Waals surface area contributed by atoms with E-state index in [0.717, 1.165) is 44.1 Å². The Morgan fingerprint density at radius 2 is 1.41 bits per heavy atom. The first-order valence-corrected chi connectivity index (χ1v) is 14.2. The van der Waals surface area contributed by atoms with Crippen molar-refractivity contribution >= 4 is 23.7 Å². The van der Waals surface area contributed by atoms with Gasteiger partial charge in [-0.25, -0.2) is 0 Å². The normalized spacial score (nSPS) is 18.4.